The fraction of sp³-hybridized carbons (Fsp3) is 0.143. The first-order chi connectivity index (χ1) is 10.1. The van der Waals surface area contributed by atoms with Gasteiger partial charge in [0.2, 0.25) is 0 Å². The van der Waals surface area contributed by atoms with E-state index in [2.05, 4.69) is 5.32 Å². The number of rotatable bonds is 6. The number of hydrogen-bond donors (Lipinski definition) is 1. The highest BCUT2D eigenvalue weighted by Gasteiger charge is 2.14. The second-order valence-corrected chi connectivity index (χ2v) is 4.56. The maximum Gasteiger partial charge on any atom is 0.292 e. The number of nitro groups is 1. The third-order valence-corrected chi connectivity index (χ3v) is 2.87. The summed E-state index contributed by atoms with van der Waals surface area (Å²) in [7, 11) is 1.54. The molecule has 0 heterocycles. The minimum absolute atomic E-state index is 0.0425. The van der Waals surface area contributed by atoms with E-state index >= 15 is 0 Å². The highest BCUT2D eigenvalue weighted by Crippen LogP contribution is 2.30. The molecule has 0 amide bonds. The zero-order valence-corrected chi connectivity index (χ0v) is 12.0. The smallest absolute Gasteiger partial charge is 0.292 e. The van der Waals surface area contributed by atoms with E-state index in [0.29, 0.717) is 22.1 Å². The Morgan fingerprint density at radius 2 is 1.95 bits per heavy atom. The number of nitrogens with one attached hydrogen (secondary N) is 1. The van der Waals surface area contributed by atoms with Gasteiger partial charge in [-0.1, -0.05) is 11.6 Å². The molecule has 0 unspecified atom stereocenters. The summed E-state index contributed by atoms with van der Waals surface area (Å²) in [5.74, 6) is 0.642. The number of methoxy groups -OCH3 is 1. The average molecular weight is 309 g/mol. The van der Waals surface area contributed by atoms with E-state index in [1.165, 1.54) is 25.3 Å². The molecule has 0 saturated heterocycles. The van der Waals surface area contributed by atoms with Gasteiger partial charge in [-0.2, -0.15) is 0 Å². The Balaban J connectivity index is 2.18. The maximum absolute atomic E-state index is 11.0. The van der Waals surface area contributed by atoms with Gasteiger partial charge < -0.3 is 14.8 Å². The van der Waals surface area contributed by atoms with Crippen molar-refractivity contribution in [1.29, 1.82) is 0 Å². The molecule has 110 valence electrons. The summed E-state index contributed by atoms with van der Waals surface area (Å²) < 4.78 is 10.1. The van der Waals surface area contributed by atoms with Crippen LogP contribution in [0.2, 0.25) is 5.02 Å². The Morgan fingerprint density at radius 1 is 1.24 bits per heavy atom. The van der Waals surface area contributed by atoms with Gasteiger partial charge in [0.15, 0.2) is 6.79 Å². The minimum Gasteiger partial charge on any atom is -0.468 e. The molecule has 0 aliphatic carbocycles. The van der Waals surface area contributed by atoms with Crippen LogP contribution < -0.4 is 10.1 Å². The van der Waals surface area contributed by atoms with Crippen LogP contribution in [0.15, 0.2) is 42.5 Å². The first-order valence-electron chi connectivity index (χ1n) is 6.03. The van der Waals surface area contributed by atoms with Crippen molar-refractivity contribution in [2.45, 2.75) is 0 Å². The summed E-state index contributed by atoms with van der Waals surface area (Å²) in [6, 6.07) is 11.3. The summed E-state index contributed by atoms with van der Waals surface area (Å²) in [6.45, 7) is 0.159. The van der Waals surface area contributed by atoms with E-state index in [1.807, 2.05) is 0 Å². The van der Waals surface area contributed by atoms with E-state index in [9.17, 15) is 10.1 Å². The Kier molecular flexibility index (Phi) is 4.97. The van der Waals surface area contributed by atoms with Crippen molar-refractivity contribution in [3.05, 3.63) is 57.6 Å². The van der Waals surface area contributed by atoms with Crippen LogP contribution in [-0.2, 0) is 4.74 Å². The number of halogens is 1. The van der Waals surface area contributed by atoms with Gasteiger partial charge in [0.25, 0.3) is 5.69 Å². The van der Waals surface area contributed by atoms with Crippen molar-refractivity contribution >= 4 is 28.7 Å². The monoisotopic (exact) mass is 308 g/mol. The maximum atomic E-state index is 11.0. The largest absolute Gasteiger partial charge is 0.468 e. The molecule has 0 atom stereocenters. The molecule has 2 rings (SSSR count). The van der Waals surface area contributed by atoms with Crippen LogP contribution in [0.1, 0.15) is 0 Å². The lowest BCUT2D eigenvalue weighted by atomic mass is 10.2. The van der Waals surface area contributed by atoms with Gasteiger partial charge in [-0.05, 0) is 36.4 Å². The van der Waals surface area contributed by atoms with Crippen molar-refractivity contribution in [3.63, 3.8) is 0 Å². The molecule has 0 spiro atoms. The summed E-state index contributed by atoms with van der Waals surface area (Å²) in [5.41, 5.74) is 0.974. The van der Waals surface area contributed by atoms with Gasteiger partial charge in [0.1, 0.15) is 11.4 Å². The van der Waals surface area contributed by atoms with Gasteiger partial charge in [0, 0.05) is 23.9 Å². The number of hydrogen-bond acceptors (Lipinski definition) is 5. The van der Waals surface area contributed by atoms with Crippen molar-refractivity contribution in [2.24, 2.45) is 0 Å². The summed E-state index contributed by atoms with van der Waals surface area (Å²) in [6.07, 6.45) is 0. The highest BCUT2D eigenvalue weighted by atomic mass is 35.5. The minimum atomic E-state index is -0.464. The van der Waals surface area contributed by atoms with Gasteiger partial charge >= 0.3 is 0 Å². The molecule has 2 aromatic carbocycles. The fourth-order valence-corrected chi connectivity index (χ4v) is 1.86. The first-order valence-corrected chi connectivity index (χ1v) is 6.40. The molecular formula is C14H13ClN2O4. The zero-order valence-electron chi connectivity index (χ0n) is 11.2. The predicted molar refractivity (Wildman–Crippen MR) is 80.3 cm³/mol. The molecule has 0 saturated carbocycles. The second-order valence-electron chi connectivity index (χ2n) is 4.12. The van der Waals surface area contributed by atoms with E-state index in [1.54, 1.807) is 24.3 Å². The lowest BCUT2D eigenvalue weighted by Gasteiger charge is -2.09. The number of nitrogens with zero attached hydrogens (tertiary/aromatic N) is 1. The molecule has 0 bridgehead atoms. The van der Waals surface area contributed by atoms with Gasteiger partial charge in [-0.25, -0.2) is 0 Å². The van der Waals surface area contributed by atoms with E-state index in [4.69, 9.17) is 21.1 Å². The lowest BCUT2D eigenvalue weighted by molar-refractivity contribution is -0.383. The Labute approximate surface area is 126 Å². The number of anilines is 2. The summed E-state index contributed by atoms with van der Waals surface area (Å²) in [4.78, 5) is 10.5. The van der Waals surface area contributed by atoms with Crippen molar-refractivity contribution in [3.8, 4) is 5.75 Å². The van der Waals surface area contributed by atoms with Crippen molar-refractivity contribution < 1.29 is 14.4 Å². The third kappa shape index (κ3) is 4.08. The van der Waals surface area contributed by atoms with E-state index < -0.39 is 4.92 Å². The zero-order chi connectivity index (χ0) is 15.2. The normalized spacial score (nSPS) is 10.2. The molecule has 0 fully saturated rings. The number of benzene rings is 2. The highest BCUT2D eigenvalue weighted by molar-refractivity contribution is 6.31. The molecule has 2 aromatic rings. The average Bonchev–Trinajstić information content (AvgIpc) is 2.46. The topological polar surface area (TPSA) is 73.6 Å². The Morgan fingerprint density at radius 3 is 2.57 bits per heavy atom. The molecule has 7 heteroatoms. The van der Waals surface area contributed by atoms with Crippen molar-refractivity contribution in [2.75, 3.05) is 19.2 Å². The lowest BCUT2D eigenvalue weighted by Crippen LogP contribution is -1.99. The molecule has 21 heavy (non-hydrogen) atoms. The van der Waals surface area contributed by atoms with Crippen LogP contribution >= 0.6 is 11.6 Å². The number of ether oxygens (including phenoxy) is 2. The molecule has 0 aromatic heterocycles. The van der Waals surface area contributed by atoms with Crippen LogP contribution in [0.5, 0.6) is 5.75 Å². The molecule has 0 aliphatic heterocycles. The molecular weight excluding hydrogens is 296 g/mol. The first kappa shape index (κ1) is 15.1. The van der Waals surface area contributed by atoms with Crippen LogP contribution in [-0.4, -0.2) is 18.8 Å². The molecule has 1 N–H and O–H groups in total. The van der Waals surface area contributed by atoms with E-state index in [0.717, 1.165) is 0 Å². The fourth-order valence-electron chi connectivity index (χ4n) is 1.68. The summed E-state index contributed by atoms with van der Waals surface area (Å²) >= 11 is 5.87. The van der Waals surface area contributed by atoms with E-state index in [-0.39, 0.29) is 12.5 Å². The van der Waals surface area contributed by atoms with Crippen LogP contribution in [0.3, 0.4) is 0 Å². The molecule has 0 aliphatic rings. The number of nitro benzene ring substituents is 1. The SMILES string of the molecule is COCOc1ccc(Nc2cc(Cl)ccc2[N+](=O)[O-])cc1. The predicted octanol–water partition coefficient (Wildman–Crippen LogP) is 3.97. The van der Waals surface area contributed by atoms with Crippen LogP contribution in [0, 0.1) is 10.1 Å². The molecule has 6 nitrogen and oxygen atoms in total. The third-order valence-electron chi connectivity index (χ3n) is 2.63. The standard InChI is InChI=1S/C14H13ClN2O4/c1-20-9-21-12-5-3-11(4-6-12)16-13-8-10(15)2-7-14(13)17(18)19/h2-8,16H,9H2,1H3. The second kappa shape index (κ2) is 6.92. The molecule has 0 radical (unpaired) electrons. The Bertz CT molecular complexity index is 631. The van der Waals surface area contributed by atoms with Gasteiger partial charge in [-0.15, -0.1) is 0 Å². The van der Waals surface area contributed by atoms with Crippen molar-refractivity contribution in [1.82, 2.24) is 0 Å². The van der Waals surface area contributed by atoms with Gasteiger partial charge in [-0.3, -0.25) is 10.1 Å². The van der Waals surface area contributed by atoms with Gasteiger partial charge in [0.05, 0.1) is 4.92 Å². The van der Waals surface area contributed by atoms with Crippen LogP contribution in [0.4, 0.5) is 17.1 Å². The quantitative estimate of drug-likeness (QED) is 0.496. The summed E-state index contributed by atoms with van der Waals surface area (Å²) in [5, 5.41) is 14.4. The van der Waals surface area contributed by atoms with Crippen LogP contribution in [0.25, 0.3) is 0 Å². The Hall–Kier alpha value is -2.31.